The van der Waals surface area contributed by atoms with Crippen LogP contribution in [0.4, 0.5) is 0 Å². The van der Waals surface area contributed by atoms with Gasteiger partial charge in [-0.2, -0.15) is 5.10 Å². The molecule has 1 aromatic carbocycles. The van der Waals surface area contributed by atoms with Crippen LogP contribution in [0.2, 0.25) is 0 Å². The largest absolute Gasteiger partial charge is 0.337 e. The van der Waals surface area contributed by atoms with E-state index in [9.17, 15) is 4.79 Å². The van der Waals surface area contributed by atoms with Crippen LogP contribution in [-0.4, -0.2) is 40.1 Å². The normalized spacial score (nSPS) is 27.0. The van der Waals surface area contributed by atoms with Crippen LogP contribution in [0.5, 0.6) is 0 Å². The Kier molecular flexibility index (Phi) is 4.18. The van der Waals surface area contributed by atoms with E-state index in [0.29, 0.717) is 17.5 Å². The first-order valence-corrected chi connectivity index (χ1v) is 8.11. The summed E-state index contributed by atoms with van der Waals surface area (Å²) in [7, 11) is 0. The van der Waals surface area contributed by atoms with E-state index in [-0.39, 0.29) is 24.4 Å². The zero-order valence-corrected chi connectivity index (χ0v) is 14.4. The highest BCUT2D eigenvalue weighted by molar-refractivity contribution is 9.10. The van der Waals surface area contributed by atoms with Crippen LogP contribution in [-0.2, 0) is 0 Å². The van der Waals surface area contributed by atoms with Crippen LogP contribution in [0, 0.1) is 11.8 Å². The second-order valence-electron chi connectivity index (χ2n) is 6.14. The van der Waals surface area contributed by atoms with Gasteiger partial charge in [0.2, 0.25) is 0 Å². The molecular weight excluding hydrogens is 368 g/mol. The summed E-state index contributed by atoms with van der Waals surface area (Å²) >= 11 is 3.45. The number of aromatic nitrogens is 2. The first-order valence-electron chi connectivity index (χ1n) is 7.32. The van der Waals surface area contributed by atoms with Crippen molar-refractivity contribution in [3.63, 3.8) is 0 Å². The van der Waals surface area contributed by atoms with Crippen LogP contribution in [0.15, 0.2) is 22.7 Å². The number of hydrogen-bond acceptors (Lipinski definition) is 3. The number of carbonyl (C=O) groups excluding carboxylic acids is 1. The Morgan fingerprint density at radius 2 is 2.18 bits per heavy atom. The van der Waals surface area contributed by atoms with Crippen molar-refractivity contribution in [1.82, 2.24) is 15.1 Å². The second kappa shape index (κ2) is 5.83. The third-order valence-electron chi connectivity index (χ3n) is 4.93. The van der Waals surface area contributed by atoms with Gasteiger partial charge in [-0.3, -0.25) is 9.89 Å². The minimum absolute atomic E-state index is 0. The van der Waals surface area contributed by atoms with Crippen molar-refractivity contribution >= 4 is 45.1 Å². The Balaban J connectivity index is 0.00000144. The number of amides is 1. The van der Waals surface area contributed by atoms with Crippen LogP contribution in [0.1, 0.15) is 23.3 Å². The Bertz CT molecular complexity index is 719. The van der Waals surface area contributed by atoms with Crippen molar-refractivity contribution in [2.75, 3.05) is 13.1 Å². The van der Waals surface area contributed by atoms with E-state index in [1.165, 1.54) is 0 Å². The maximum absolute atomic E-state index is 12.8. The minimum Gasteiger partial charge on any atom is -0.337 e. The molecule has 2 aromatic rings. The topological polar surface area (TPSA) is 75.0 Å². The predicted octanol–water partition coefficient (Wildman–Crippen LogP) is 2.56. The van der Waals surface area contributed by atoms with Gasteiger partial charge in [-0.15, -0.1) is 12.4 Å². The van der Waals surface area contributed by atoms with Crippen LogP contribution >= 0.6 is 28.3 Å². The number of nitrogens with zero attached hydrogens (tertiary/aromatic N) is 2. The number of likely N-dealkylation sites (tertiary alicyclic amines) is 1. The van der Waals surface area contributed by atoms with Gasteiger partial charge in [-0.05, 0) is 42.9 Å². The van der Waals surface area contributed by atoms with Gasteiger partial charge in [0, 0.05) is 29.0 Å². The molecule has 1 aromatic heterocycles. The van der Waals surface area contributed by atoms with Gasteiger partial charge in [-0.1, -0.05) is 15.9 Å². The highest BCUT2D eigenvalue weighted by Crippen LogP contribution is 2.37. The summed E-state index contributed by atoms with van der Waals surface area (Å²) in [6, 6.07) is 6.05. The molecule has 0 radical (unpaired) electrons. The third-order valence-corrected chi connectivity index (χ3v) is 5.42. The van der Waals surface area contributed by atoms with E-state index < -0.39 is 0 Å². The Morgan fingerprint density at radius 3 is 2.95 bits per heavy atom. The van der Waals surface area contributed by atoms with Gasteiger partial charge in [0.05, 0.1) is 5.52 Å². The average molecular weight is 386 g/mol. The number of benzene rings is 1. The summed E-state index contributed by atoms with van der Waals surface area (Å²) in [5.41, 5.74) is 7.55. The zero-order chi connectivity index (χ0) is 14.6. The molecule has 5 nitrogen and oxygen atoms in total. The van der Waals surface area contributed by atoms with Crippen molar-refractivity contribution in [2.45, 2.75) is 18.9 Å². The first kappa shape index (κ1) is 15.8. The fourth-order valence-corrected chi connectivity index (χ4v) is 4.13. The van der Waals surface area contributed by atoms with Crippen LogP contribution in [0.3, 0.4) is 0 Å². The Labute approximate surface area is 143 Å². The molecule has 1 aliphatic heterocycles. The van der Waals surface area contributed by atoms with Crippen LogP contribution in [0.25, 0.3) is 10.9 Å². The third kappa shape index (κ3) is 2.43. The predicted molar refractivity (Wildman–Crippen MR) is 91.1 cm³/mol. The monoisotopic (exact) mass is 384 g/mol. The molecule has 2 fully saturated rings. The molecule has 1 aliphatic carbocycles. The fraction of sp³-hybridized carbons (Fsp3) is 0.467. The van der Waals surface area contributed by atoms with Crippen molar-refractivity contribution in [2.24, 2.45) is 17.6 Å². The molecule has 3 N–H and O–H groups in total. The van der Waals surface area contributed by atoms with Gasteiger partial charge in [0.25, 0.3) is 5.91 Å². The van der Waals surface area contributed by atoms with Crippen molar-refractivity contribution in [1.29, 1.82) is 0 Å². The number of aromatic amines is 1. The van der Waals surface area contributed by atoms with E-state index in [4.69, 9.17) is 5.73 Å². The lowest BCUT2D eigenvalue weighted by Crippen LogP contribution is -2.33. The number of halogens is 2. The smallest absolute Gasteiger partial charge is 0.275 e. The highest BCUT2D eigenvalue weighted by atomic mass is 79.9. The lowest BCUT2D eigenvalue weighted by Gasteiger charge is -2.17. The van der Waals surface area contributed by atoms with E-state index in [1.54, 1.807) is 0 Å². The van der Waals surface area contributed by atoms with E-state index in [2.05, 4.69) is 26.1 Å². The molecule has 1 saturated carbocycles. The molecule has 4 rings (SSSR count). The van der Waals surface area contributed by atoms with E-state index in [0.717, 1.165) is 41.3 Å². The fourth-order valence-electron chi connectivity index (χ4n) is 3.77. The number of nitrogens with two attached hydrogens (primary N) is 1. The lowest BCUT2D eigenvalue weighted by molar-refractivity contribution is 0.0775. The lowest BCUT2D eigenvalue weighted by atomic mass is 9.98. The number of carbonyl (C=O) groups is 1. The molecular formula is C15H18BrClN4O. The summed E-state index contributed by atoms with van der Waals surface area (Å²) in [5.74, 6) is 1.05. The molecule has 0 spiro atoms. The maximum atomic E-state index is 12.8. The summed E-state index contributed by atoms with van der Waals surface area (Å²) in [5, 5.41) is 8.03. The molecule has 2 aliphatic rings. The van der Waals surface area contributed by atoms with Gasteiger partial charge < -0.3 is 10.6 Å². The number of nitrogens with one attached hydrogen (secondary N) is 1. The molecule has 0 bridgehead atoms. The van der Waals surface area contributed by atoms with E-state index >= 15 is 0 Å². The second-order valence-corrected chi connectivity index (χ2v) is 7.05. The first-order chi connectivity index (χ1) is 10.1. The SMILES string of the molecule is Cl.NC1CCC2CN(C(=O)c3n[nH]c4ccc(Br)cc34)CC12. The minimum atomic E-state index is 0. The maximum Gasteiger partial charge on any atom is 0.275 e. The summed E-state index contributed by atoms with van der Waals surface area (Å²) in [4.78, 5) is 14.7. The van der Waals surface area contributed by atoms with Crippen molar-refractivity contribution in [3.8, 4) is 0 Å². The Morgan fingerprint density at radius 1 is 1.36 bits per heavy atom. The van der Waals surface area contributed by atoms with Gasteiger partial charge in [-0.25, -0.2) is 0 Å². The quantitative estimate of drug-likeness (QED) is 0.792. The molecule has 118 valence electrons. The molecule has 2 heterocycles. The summed E-state index contributed by atoms with van der Waals surface area (Å²) in [6.45, 7) is 1.59. The highest BCUT2D eigenvalue weighted by Gasteiger charge is 2.43. The number of rotatable bonds is 1. The van der Waals surface area contributed by atoms with Gasteiger partial charge in [0.15, 0.2) is 5.69 Å². The molecule has 3 atom stereocenters. The molecule has 3 unspecified atom stereocenters. The number of hydrogen-bond donors (Lipinski definition) is 2. The van der Waals surface area contributed by atoms with Crippen molar-refractivity contribution in [3.05, 3.63) is 28.4 Å². The summed E-state index contributed by atoms with van der Waals surface area (Å²) < 4.78 is 0.950. The molecule has 7 heteroatoms. The molecule has 1 saturated heterocycles. The van der Waals surface area contributed by atoms with Crippen LogP contribution < -0.4 is 5.73 Å². The standard InChI is InChI=1S/C15H17BrN4O.ClH/c16-9-2-4-13-10(5-9)14(19-18-13)15(21)20-6-8-1-3-12(17)11(8)7-20;/h2,4-5,8,11-12H,1,3,6-7,17H2,(H,18,19);1H. The Hall–Kier alpha value is -1.11. The van der Waals surface area contributed by atoms with Gasteiger partial charge >= 0.3 is 0 Å². The average Bonchev–Trinajstić information content (AvgIpc) is 3.14. The summed E-state index contributed by atoms with van der Waals surface area (Å²) in [6.07, 6.45) is 2.23. The molecule has 1 amide bonds. The van der Waals surface area contributed by atoms with Crippen molar-refractivity contribution < 1.29 is 4.79 Å². The van der Waals surface area contributed by atoms with Gasteiger partial charge in [0.1, 0.15) is 0 Å². The van der Waals surface area contributed by atoms with E-state index in [1.807, 2.05) is 23.1 Å². The number of H-pyrrole nitrogens is 1. The zero-order valence-electron chi connectivity index (χ0n) is 12.0. The molecule has 22 heavy (non-hydrogen) atoms. The number of fused-ring (bicyclic) bond motifs is 2.